The molecule has 7 nitrogen and oxygen atoms in total. The van der Waals surface area contributed by atoms with Crippen molar-refractivity contribution >= 4 is 17.6 Å². The smallest absolute Gasteiger partial charge is 0.322 e. The lowest BCUT2D eigenvalue weighted by atomic mass is 10.1. The molecule has 2 aliphatic rings. The summed E-state index contributed by atoms with van der Waals surface area (Å²) in [7, 11) is 0. The van der Waals surface area contributed by atoms with Crippen LogP contribution in [0.4, 0.5) is 10.5 Å². The van der Waals surface area contributed by atoms with Gasteiger partial charge in [-0.05, 0) is 50.5 Å². The Bertz CT molecular complexity index is 860. The Morgan fingerprint density at radius 1 is 1.27 bits per heavy atom. The third kappa shape index (κ3) is 2.83. The number of aromatic nitrogens is 1. The summed E-state index contributed by atoms with van der Waals surface area (Å²) in [5, 5.41) is 6.90. The molecule has 1 aromatic heterocycles. The molecule has 0 bridgehead atoms. The predicted octanol–water partition coefficient (Wildman–Crippen LogP) is 2.80. The molecule has 3 amide bonds. The Hall–Kier alpha value is -2.83. The molecule has 7 heteroatoms. The molecule has 1 atom stereocenters. The SMILES string of the molecule is Cc1cc(C2CCCN2C(=O)c2ccc(N3CCNC3=O)c(C)c2)no1. The molecule has 1 unspecified atom stereocenters. The van der Waals surface area contributed by atoms with Crippen LogP contribution in [0.5, 0.6) is 0 Å². The fourth-order valence-corrected chi connectivity index (χ4v) is 3.82. The number of carbonyl (C=O) groups is 2. The van der Waals surface area contributed by atoms with Gasteiger partial charge in [0.1, 0.15) is 11.5 Å². The Morgan fingerprint density at radius 3 is 2.77 bits per heavy atom. The van der Waals surface area contributed by atoms with E-state index in [2.05, 4.69) is 10.5 Å². The molecule has 136 valence electrons. The summed E-state index contributed by atoms with van der Waals surface area (Å²) >= 11 is 0. The number of nitrogens with zero attached hydrogens (tertiary/aromatic N) is 3. The molecular weight excluding hydrogens is 332 g/mol. The average Bonchev–Trinajstić information content (AvgIpc) is 3.35. The van der Waals surface area contributed by atoms with Crippen molar-refractivity contribution in [2.75, 3.05) is 24.5 Å². The van der Waals surface area contributed by atoms with Crippen LogP contribution in [0, 0.1) is 13.8 Å². The minimum Gasteiger partial charge on any atom is -0.361 e. The minimum atomic E-state index is -0.0896. The second kappa shape index (κ2) is 6.48. The number of benzene rings is 1. The molecule has 2 fully saturated rings. The third-order valence-corrected chi connectivity index (χ3v) is 5.09. The van der Waals surface area contributed by atoms with Gasteiger partial charge in [0, 0.05) is 37.0 Å². The van der Waals surface area contributed by atoms with Crippen LogP contribution >= 0.6 is 0 Å². The lowest BCUT2D eigenvalue weighted by Gasteiger charge is -2.24. The van der Waals surface area contributed by atoms with Gasteiger partial charge in [0.25, 0.3) is 5.91 Å². The van der Waals surface area contributed by atoms with E-state index in [1.807, 2.05) is 36.9 Å². The highest BCUT2D eigenvalue weighted by Gasteiger charge is 2.33. The largest absolute Gasteiger partial charge is 0.361 e. The molecule has 26 heavy (non-hydrogen) atoms. The summed E-state index contributed by atoms with van der Waals surface area (Å²) in [5.74, 6) is 0.747. The van der Waals surface area contributed by atoms with E-state index in [4.69, 9.17) is 4.52 Å². The molecule has 2 saturated heterocycles. The van der Waals surface area contributed by atoms with Gasteiger partial charge in [-0.1, -0.05) is 5.16 Å². The number of aryl methyl sites for hydroxylation is 2. The van der Waals surface area contributed by atoms with Crippen LogP contribution in [0.2, 0.25) is 0 Å². The summed E-state index contributed by atoms with van der Waals surface area (Å²) in [6.07, 6.45) is 1.84. The number of amides is 3. The van der Waals surface area contributed by atoms with Gasteiger partial charge in [-0.15, -0.1) is 0 Å². The van der Waals surface area contributed by atoms with Gasteiger partial charge in [0.15, 0.2) is 0 Å². The van der Waals surface area contributed by atoms with Crippen LogP contribution in [0.1, 0.15) is 46.3 Å². The maximum atomic E-state index is 13.1. The third-order valence-electron chi connectivity index (χ3n) is 5.09. The van der Waals surface area contributed by atoms with Crippen LogP contribution in [0.15, 0.2) is 28.8 Å². The minimum absolute atomic E-state index is 0.00586. The van der Waals surface area contributed by atoms with Gasteiger partial charge in [-0.3, -0.25) is 9.69 Å². The van der Waals surface area contributed by atoms with E-state index in [-0.39, 0.29) is 18.0 Å². The molecule has 2 aromatic rings. The number of carbonyl (C=O) groups excluding carboxylic acids is 2. The number of hydrogen-bond acceptors (Lipinski definition) is 4. The zero-order chi connectivity index (χ0) is 18.3. The Balaban J connectivity index is 1.58. The molecule has 2 aliphatic heterocycles. The van der Waals surface area contributed by atoms with Gasteiger partial charge >= 0.3 is 6.03 Å². The van der Waals surface area contributed by atoms with Crippen molar-refractivity contribution in [2.45, 2.75) is 32.7 Å². The molecule has 0 spiro atoms. The summed E-state index contributed by atoms with van der Waals surface area (Å²) in [6, 6.07) is 7.30. The zero-order valence-electron chi connectivity index (χ0n) is 15.0. The fraction of sp³-hybridized carbons (Fsp3) is 0.421. The fourth-order valence-electron chi connectivity index (χ4n) is 3.82. The van der Waals surface area contributed by atoms with Crippen LogP contribution in [0.3, 0.4) is 0 Å². The standard InChI is InChI=1S/C19H22N4O3/c1-12-10-14(5-6-16(12)23-9-7-20-19(23)25)18(24)22-8-3-4-17(22)15-11-13(2)26-21-15/h5-6,10-11,17H,3-4,7-9H2,1-2H3,(H,20,25). The predicted molar refractivity (Wildman–Crippen MR) is 96.2 cm³/mol. The van der Waals surface area contributed by atoms with Crippen LogP contribution in [-0.2, 0) is 0 Å². The maximum Gasteiger partial charge on any atom is 0.322 e. The highest BCUT2D eigenvalue weighted by Crippen LogP contribution is 2.33. The molecule has 3 heterocycles. The first-order chi connectivity index (χ1) is 12.5. The molecule has 0 radical (unpaired) electrons. The number of nitrogens with one attached hydrogen (secondary N) is 1. The number of rotatable bonds is 3. The van der Waals surface area contributed by atoms with E-state index < -0.39 is 0 Å². The number of likely N-dealkylation sites (tertiary alicyclic amines) is 1. The van der Waals surface area contributed by atoms with Gasteiger partial charge in [0.2, 0.25) is 0 Å². The molecule has 4 rings (SSSR count). The van der Waals surface area contributed by atoms with Crippen molar-refractivity contribution in [3.8, 4) is 0 Å². The van der Waals surface area contributed by atoms with E-state index in [1.54, 1.807) is 11.0 Å². The van der Waals surface area contributed by atoms with E-state index >= 15 is 0 Å². The Kier molecular flexibility index (Phi) is 4.14. The molecule has 1 aromatic carbocycles. The van der Waals surface area contributed by atoms with Crippen molar-refractivity contribution < 1.29 is 14.1 Å². The topological polar surface area (TPSA) is 78.7 Å². The quantitative estimate of drug-likeness (QED) is 0.919. The lowest BCUT2D eigenvalue weighted by molar-refractivity contribution is 0.0730. The van der Waals surface area contributed by atoms with Crippen molar-refractivity contribution in [1.82, 2.24) is 15.4 Å². The molecule has 0 aliphatic carbocycles. The highest BCUT2D eigenvalue weighted by atomic mass is 16.5. The first-order valence-corrected chi connectivity index (χ1v) is 8.95. The van der Waals surface area contributed by atoms with E-state index in [1.165, 1.54) is 0 Å². The summed E-state index contributed by atoms with van der Waals surface area (Å²) < 4.78 is 5.18. The summed E-state index contributed by atoms with van der Waals surface area (Å²) in [4.78, 5) is 28.5. The highest BCUT2D eigenvalue weighted by molar-refractivity contribution is 5.98. The van der Waals surface area contributed by atoms with Gasteiger partial charge in [0.05, 0.1) is 6.04 Å². The zero-order valence-corrected chi connectivity index (χ0v) is 15.0. The summed E-state index contributed by atoms with van der Waals surface area (Å²) in [6.45, 7) is 5.79. The Labute approximate surface area is 151 Å². The first-order valence-electron chi connectivity index (χ1n) is 8.95. The normalized spacial score (nSPS) is 19.9. The second-order valence-electron chi connectivity index (χ2n) is 6.90. The van der Waals surface area contributed by atoms with Gasteiger partial charge in [-0.2, -0.15) is 0 Å². The van der Waals surface area contributed by atoms with Crippen molar-refractivity contribution in [1.29, 1.82) is 0 Å². The Morgan fingerprint density at radius 2 is 2.12 bits per heavy atom. The van der Waals surface area contributed by atoms with Crippen LogP contribution in [0.25, 0.3) is 0 Å². The summed E-state index contributed by atoms with van der Waals surface area (Å²) in [5.41, 5.74) is 3.22. The number of hydrogen-bond donors (Lipinski definition) is 1. The molecule has 1 N–H and O–H groups in total. The van der Waals surface area contributed by atoms with Gasteiger partial charge < -0.3 is 14.7 Å². The van der Waals surface area contributed by atoms with Crippen molar-refractivity contribution in [3.63, 3.8) is 0 Å². The first kappa shape index (κ1) is 16.6. The van der Waals surface area contributed by atoms with Crippen LogP contribution < -0.4 is 10.2 Å². The lowest BCUT2D eigenvalue weighted by Crippen LogP contribution is -2.31. The monoisotopic (exact) mass is 354 g/mol. The van der Waals surface area contributed by atoms with Crippen LogP contribution in [-0.4, -0.2) is 41.6 Å². The van der Waals surface area contributed by atoms with Crippen molar-refractivity contribution in [2.24, 2.45) is 0 Å². The molecule has 0 saturated carbocycles. The molecular formula is C19H22N4O3. The average molecular weight is 354 g/mol. The number of urea groups is 1. The van der Waals surface area contributed by atoms with Gasteiger partial charge in [-0.25, -0.2) is 4.79 Å². The van der Waals surface area contributed by atoms with Crippen molar-refractivity contribution in [3.05, 3.63) is 46.8 Å². The van der Waals surface area contributed by atoms with E-state index in [0.29, 0.717) is 25.2 Å². The second-order valence-corrected chi connectivity index (χ2v) is 6.90. The number of anilines is 1. The van der Waals surface area contributed by atoms with E-state index in [0.717, 1.165) is 35.5 Å². The van der Waals surface area contributed by atoms with E-state index in [9.17, 15) is 9.59 Å². The maximum absolute atomic E-state index is 13.1.